The van der Waals surface area contributed by atoms with Gasteiger partial charge in [0, 0.05) is 18.6 Å². The smallest absolute Gasteiger partial charge is 0.137 e. The summed E-state index contributed by atoms with van der Waals surface area (Å²) in [5.74, 6) is 2.26. The third kappa shape index (κ3) is 4.32. The van der Waals surface area contributed by atoms with E-state index >= 15 is 0 Å². The zero-order valence-corrected chi connectivity index (χ0v) is 13.4. The number of nitrogens with zero attached hydrogens (tertiary/aromatic N) is 2. The van der Waals surface area contributed by atoms with Gasteiger partial charge in [-0.1, -0.05) is 39.3 Å². The maximum atomic E-state index is 6.18. The Hall–Kier alpha value is -0.870. The lowest BCUT2D eigenvalue weighted by Crippen LogP contribution is -2.31. The summed E-state index contributed by atoms with van der Waals surface area (Å²) in [5.41, 5.74) is 0.882. The highest BCUT2D eigenvalue weighted by Gasteiger charge is 2.17. The predicted octanol–water partition coefficient (Wildman–Crippen LogP) is 3.64. The minimum Gasteiger partial charge on any atom is -0.383 e. The standard InChI is InChI=1S/C14H24ClN3O/c1-8(2)11(7-19-6)16-14-10(5)12(15)17-13(18-14)9(3)4/h8-9,11H,7H2,1-6H3,(H,16,17,18). The number of hydrogen-bond donors (Lipinski definition) is 1. The maximum Gasteiger partial charge on any atom is 0.137 e. The molecule has 108 valence electrons. The molecule has 1 unspecified atom stereocenters. The van der Waals surface area contributed by atoms with Gasteiger partial charge in [0.25, 0.3) is 0 Å². The second-order valence-corrected chi connectivity index (χ2v) is 5.81. The lowest BCUT2D eigenvalue weighted by molar-refractivity contribution is 0.171. The lowest BCUT2D eigenvalue weighted by atomic mass is 10.1. The number of anilines is 1. The summed E-state index contributed by atoms with van der Waals surface area (Å²) in [6.07, 6.45) is 0. The number of rotatable bonds is 6. The van der Waals surface area contributed by atoms with Crippen molar-refractivity contribution < 1.29 is 4.74 Å². The fourth-order valence-corrected chi connectivity index (χ4v) is 1.84. The monoisotopic (exact) mass is 285 g/mol. The van der Waals surface area contributed by atoms with Crippen LogP contribution in [-0.2, 0) is 4.74 Å². The molecule has 0 saturated carbocycles. The molecule has 1 aromatic heterocycles. The van der Waals surface area contributed by atoms with E-state index in [0.717, 1.165) is 17.2 Å². The van der Waals surface area contributed by atoms with E-state index in [1.807, 2.05) is 6.92 Å². The number of methoxy groups -OCH3 is 1. The van der Waals surface area contributed by atoms with Crippen LogP contribution in [0.4, 0.5) is 5.82 Å². The van der Waals surface area contributed by atoms with Crippen molar-refractivity contribution in [3.63, 3.8) is 0 Å². The Morgan fingerprint density at radius 1 is 1.21 bits per heavy atom. The van der Waals surface area contributed by atoms with Crippen LogP contribution in [0.5, 0.6) is 0 Å². The van der Waals surface area contributed by atoms with Gasteiger partial charge in [-0.25, -0.2) is 9.97 Å². The van der Waals surface area contributed by atoms with Gasteiger partial charge in [-0.2, -0.15) is 0 Å². The number of hydrogen-bond acceptors (Lipinski definition) is 4. The normalized spacial score (nSPS) is 13.1. The van der Waals surface area contributed by atoms with Gasteiger partial charge in [0.1, 0.15) is 16.8 Å². The zero-order valence-electron chi connectivity index (χ0n) is 12.6. The molecule has 0 aliphatic carbocycles. The van der Waals surface area contributed by atoms with Crippen molar-refractivity contribution >= 4 is 17.4 Å². The van der Waals surface area contributed by atoms with Gasteiger partial charge in [0.05, 0.1) is 12.6 Å². The number of halogens is 1. The molecule has 5 heteroatoms. The van der Waals surface area contributed by atoms with E-state index in [4.69, 9.17) is 16.3 Å². The van der Waals surface area contributed by atoms with E-state index in [-0.39, 0.29) is 12.0 Å². The molecule has 0 spiro atoms. The Morgan fingerprint density at radius 2 is 1.84 bits per heavy atom. The summed E-state index contributed by atoms with van der Waals surface area (Å²) in [5, 5.41) is 3.94. The summed E-state index contributed by atoms with van der Waals surface area (Å²) >= 11 is 6.18. The van der Waals surface area contributed by atoms with E-state index in [1.165, 1.54) is 0 Å². The first-order valence-electron chi connectivity index (χ1n) is 6.66. The summed E-state index contributed by atoms with van der Waals surface area (Å²) in [7, 11) is 1.70. The average Bonchev–Trinajstić information content (AvgIpc) is 2.33. The highest BCUT2D eigenvalue weighted by Crippen LogP contribution is 2.24. The minimum atomic E-state index is 0.203. The molecule has 0 saturated heterocycles. The van der Waals surface area contributed by atoms with Crippen molar-refractivity contribution in [2.45, 2.75) is 46.6 Å². The Bertz CT molecular complexity index is 421. The van der Waals surface area contributed by atoms with Crippen molar-refractivity contribution in [2.75, 3.05) is 19.0 Å². The van der Waals surface area contributed by atoms with Crippen LogP contribution < -0.4 is 5.32 Å². The molecular weight excluding hydrogens is 262 g/mol. The molecule has 0 bridgehead atoms. The molecule has 4 nitrogen and oxygen atoms in total. The lowest BCUT2D eigenvalue weighted by Gasteiger charge is -2.23. The van der Waals surface area contributed by atoms with Crippen molar-refractivity contribution in [1.82, 2.24) is 9.97 Å². The molecule has 19 heavy (non-hydrogen) atoms. The van der Waals surface area contributed by atoms with E-state index in [0.29, 0.717) is 17.7 Å². The maximum absolute atomic E-state index is 6.18. The summed E-state index contributed by atoms with van der Waals surface area (Å²) in [6.45, 7) is 11.0. The first-order chi connectivity index (χ1) is 8.86. The van der Waals surface area contributed by atoms with Crippen LogP contribution in [0.15, 0.2) is 0 Å². The van der Waals surface area contributed by atoms with Crippen LogP contribution in [0.2, 0.25) is 5.15 Å². The van der Waals surface area contributed by atoms with Crippen LogP contribution in [-0.4, -0.2) is 29.7 Å². The first kappa shape index (κ1) is 16.2. The quantitative estimate of drug-likeness (QED) is 0.811. The number of aromatic nitrogens is 2. The average molecular weight is 286 g/mol. The van der Waals surface area contributed by atoms with Gasteiger partial charge in [0.2, 0.25) is 0 Å². The molecule has 0 radical (unpaired) electrons. The van der Waals surface area contributed by atoms with Crippen LogP contribution >= 0.6 is 11.6 Å². The topological polar surface area (TPSA) is 47.0 Å². The van der Waals surface area contributed by atoms with Crippen LogP contribution in [0.1, 0.15) is 45.0 Å². The molecule has 0 fully saturated rings. The fourth-order valence-electron chi connectivity index (χ4n) is 1.66. The van der Waals surface area contributed by atoms with Gasteiger partial charge in [-0.05, 0) is 12.8 Å². The summed E-state index contributed by atoms with van der Waals surface area (Å²) in [4.78, 5) is 8.89. The van der Waals surface area contributed by atoms with Gasteiger partial charge in [-0.15, -0.1) is 0 Å². The van der Waals surface area contributed by atoms with Crippen molar-refractivity contribution in [3.05, 3.63) is 16.5 Å². The molecule has 0 aromatic carbocycles. The fraction of sp³-hybridized carbons (Fsp3) is 0.714. The number of ether oxygens (including phenoxy) is 1. The molecule has 0 aliphatic rings. The predicted molar refractivity (Wildman–Crippen MR) is 80.0 cm³/mol. The van der Waals surface area contributed by atoms with Crippen molar-refractivity contribution in [1.29, 1.82) is 0 Å². The minimum absolute atomic E-state index is 0.203. The van der Waals surface area contributed by atoms with Crippen LogP contribution in [0.25, 0.3) is 0 Å². The van der Waals surface area contributed by atoms with Crippen LogP contribution in [0.3, 0.4) is 0 Å². The second-order valence-electron chi connectivity index (χ2n) is 5.45. The van der Waals surface area contributed by atoms with E-state index in [2.05, 4.69) is 43.0 Å². The van der Waals surface area contributed by atoms with E-state index in [1.54, 1.807) is 7.11 Å². The number of nitrogens with one attached hydrogen (secondary N) is 1. The third-order valence-electron chi connectivity index (χ3n) is 3.09. The third-order valence-corrected chi connectivity index (χ3v) is 3.46. The summed E-state index contributed by atoms with van der Waals surface area (Å²) in [6, 6.07) is 0.203. The largest absolute Gasteiger partial charge is 0.383 e. The van der Waals surface area contributed by atoms with E-state index < -0.39 is 0 Å². The second kappa shape index (κ2) is 7.06. The van der Waals surface area contributed by atoms with Gasteiger partial charge in [-0.3, -0.25) is 0 Å². The van der Waals surface area contributed by atoms with Gasteiger partial charge < -0.3 is 10.1 Å². The van der Waals surface area contributed by atoms with Gasteiger partial charge in [0.15, 0.2) is 0 Å². The Kier molecular flexibility index (Phi) is 6.01. The van der Waals surface area contributed by atoms with Crippen molar-refractivity contribution in [2.24, 2.45) is 5.92 Å². The van der Waals surface area contributed by atoms with Gasteiger partial charge >= 0.3 is 0 Å². The Labute approximate surface area is 120 Å². The molecule has 0 amide bonds. The molecule has 1 rings (SSSR count). The Morgan fingerprint density at radius 3 is 2.32 bits per heavy atom. The zero-order chi connectivity index (χ0) is 14.6. The van der Waals surface area contributed by atoms with Crippen LogP contribution in [0, 0.1) is 12.8 Å². The molecule has 1 N–H and O–H groups in total. The first-order valence-corrected chi connectivity index (χ1v) is 7.04. The molecule has 0 aliphatic heterocycles. The Balaban J connectivity index is 3.04. The highest BCUT2D eigenvalue weighted by molar-refractivity contribution is 6.30. The molecule has 1 aromatic rings. The van der Waals surface area contributed by atoms with E-state index in [9.17, 15) is 0 Å². The molecular formula is C14H24ClN3O. The molecule has 1 atom stereocenters. The SMILES string of the molecule is COCC(Nc1nc(C(C)C)nc(Cl)c1C)C(C)C. The van der Waals surface area contributed by atoms with Crippen molar-refractivity contribution in [3.8, 4) is 0 Å². The summed E-state index contributed by atoms with van der Waals surface area (Å²) < 4.78 is 5.25. The molecule has 1 heterocycles. The highest BCUT2D eigenvalue weighted by atomic mass is 35.5.